The quantitative estimate of drug-likeness (QED) is 0.252. The number of hydrogen-bond acceptors (Lipinski definition) is 12. The summed E-state index contributed by atoms with van der Waals surface area (Å²) in [5.74, 6) is -3.25. The second kappa shape index (κ2) is 15.0. The summed E-state index contributed by atoms with van der Waals surface area (Å²) in [5, 5.41) is 4.61. The van der Waals surface area contributed by atoms with Crippen LogP contribution in [0.1, 0.15) is 71.3 Å². The van der Waals surface area contributed by atoms with Crippen molar-refractivity contribution in [2.45, 2.75) is 98.6 Å². The summed E-state index contributed by atoms with van der Waals surface area (Å²) in [5.41, 5.74) is 1.90. The molecule has 242 valence electrons. The molecule has 1 aromatic carbocycles. The van der Waals surface area contributed by atoms with E-state index >= 15 is 0 Å². The Morgan fingerprint density at radius 3 is 2.11 bits per heavy atom. The monoisotopic (exact) mass is 622 g/mol. The van der Waals surface area contributed by atoms with E-state index in [1.807, 2.05) is 20.8 Å². The zero-order chi connectivity index (χ0) is 32.7. The summed E-state index contributed by atoms with van der Waals surface area (Å²) < 4.78 is 55.6. The van der Waals surface area contributed by atoms with Gasteiger partial charge in [0.15, 0.2) is 23.8 Å². The highest BCUT2D eigenvalue weighted by Crippen LogP contribution is 2.34. The molecular weight excluding hydrogens is 583 g/mol. The number of halogens is 1. The molecule has 5 atom stereocenters. The van der Waals surface area contributed by atoms with Gasteiger partial charge in [0.1, 0.15) is 12.7 Å². The summed E-state index contributed by atoms with van der Waals surface area (Å²) in [6, 6.07) is 4.52. The molecule has 2 heterocycles. The van der Waals surface area contributed by atoms with E-state index in [2.05, 4.69) is 5.10 Å². The van der Waals surface area contributed by atoms with Gasteiger partial charge in [-0.2, -0.15) is 0 Å². The average molecular weight is 623 g/mol. The molecule has 0 spiro atoms. The maximum Gasteiger partial charge on any atom is 0.303 e. The van der Waals surface area contributed by atoms with Gasteiger partial charge in [-0.1, -0.05) is 6.07 Å². The van der Waals surface area contributed by atoms with Crippen LogP contribution in [0.3, 0.4) is 0 Å². The number of esters is 4. The third kappa shape index (κ3) is 8.68. The molecule has 1 fully saturated rings. The Hall–Kier alpha value is -4.20. The molecule has 0 saturated carbocycles. The van der Waals surface area contributed by atoms with Gasteiger partial charge in [0.05, 0.1) is 6.61 Å². The van der Waals surface area contributed by atoms with Crippen LogP contribution in [-0.2, 0) is 49.3 Å². The van der Waals surface area contributed by atoms with Crippen LogP contribution in [0.5, 0.6) is 11.6 Å². The van der Waals surface area contributed by atoms with Crippen LogP contribution < -0.4 is 9.47 Å². The highest BCUT2D eigenvalue weighted by molar-refractivity contribution is 5.68. The first-order valence-electron chi connectivity index (χ1n) is 14.2. The normalized spacial score (nSPS) is 21.4. The Morgan fingerprint density at radius 2 is 1.57 bits per heavy atom. The number of aromatic nitrogens is 2. The molecule has 13 nitrogen and oxygen atoms in total. The van der Waals surface area contributed by atoms with Gasteiger partial charge in [-0.25, -0.2) is 4.39 Å². The van der Waals surface area contributed by atoms with Gasteiger partial charge in [-0.05, 0) is 45.4 Å². The highest BCUT2D eigenvalue weighted by Gasteiger charge is 2.53. The minimum atomic E-state index is -1.47. The molecule has 0 aliphatic carbocycles. The smallest absolute Gasteiger partial charge is 0.303 e. The fraction of sp³-hybridized carbons (Fsp3) is 0.567. The number of rotatable bonds is 12. The van der Waals surface area contributed by atoms with E-state index in [0.717, 1.165) is 26.5 Å². The molecule has 1 saturated heterocycles. The Morgan fingerprint density at radius 1 is 0.955 bits per heavy atom. The molecule has 1 aromatic heterocycles. The minimum absolute atomic E-state index is 0.0754. The predicted molar refractivity (Wildman–Crippen MR) is 150 cm³/mol. The van der Waals surface area contributed by atoms with Crippen molar-refractivity contribution in [1.29, 1.82) is 0 Å². The van der Waals surface area contributed by atoms with Gasteiger partial charge in [0.2, 0.25) is 18.3 Å². The van der Waals surface area contributed by atoms with Crippen molar-refractivity contribution >= 4 is 23.9 Å². The number of carbonyl (C=O) groups is 4. The molecule has 44 heavy (non-hydrogen) atoms. The van der Waals surface area contributed by atoms with E-state index in [1.165, 1.54) is 19.1 Å². The van der Waals surface area contributed by atoms with Gasteiger partial charge < -0.3 is 33.2 Å². The summed E-state index contributed by atoms with van der Waals surface area (Å²) >= 11 is 0. The Kier molecular flexibility index (Phi) is 11.7. The Balaban J connectivity index is 2.08. The lowest BCUT2D eigenvalue weighted by atomic mass is 9.98. The SMILES string of the molecule is CCOc1ccc(Cc2c(O[C@@H]3OC(COC(C)=O)[C@@H](OC(C)=O)[C@H](OC(C)=O)[C@H]3OC(C)=O)nn(C(C)C)c2C)cc1F. The largest absolute Gasteiger partial charge is 0.491 e. The number of nitrogens with zero attached hydrogens (tertiary/aromatic N) is 2. The standard InChI is InChI=1S/C30H39FN2O11/c1-9-38-24-11-10-21(13-23(24)31)12-22-16(4)33(15(2)3)32-29(22)44-30-28(42-20(8)37)27(41-19(7)36)26(40-18(6)35)25(43-30)14-39-17(5)34/h10-11,13,15,25-28,30H,9,12,14H2,1-8H3/t25?,26-,27+,28-,30+/m1/s1. The van der Waals surface area contributed by atoms with Gasteiger partial charge >= 0.3 is 23.9 Å². The third-order valence-corrected chi connectivity index (χ3v) is 6.58. The number of benzene rings is 1. The molecule has 14 heteroatoms. The summed E-state index contributed by atoms with van der Waals surface area (Å²) in [7, 11) is 0. The molecule has 0 radical (unpaired) electrons. The van der Waals surface area contributed by atoms with Gasteiger partial charge in [-0.15, -0.1) is 5.10 Å². The lowest BCUT2D eigenvalue weighted by Crippen LogP contribution is -2.63. The van der Waals surface area contributed by atoms with Crippen molar-refractivity contribution in [3.05, 3.63) is 40.8 Å². The van der Waals surface area contributed by atoms with Crippen LogP contribution in [0, 0.1) is 12.7 Å². The van der Waals surface area contributed by atoms with E-state index < -0.39 is 67.0 Å². The predicted octanol–water partition coefficient (Wildman–Crippen LogP) is 3.36. The minimum Gasteiger partial charge on any atom is -0.491 e. The zero-order valence-electron chi connectivity index (χ0n) is 26.1. The molecule has 0 N–H and O–H groups in total. The third-order valence-electron chi connectivity index (χ3n) is 6.58. The van der Waals surface area contributed by atoms with Crippen LogP contribution >= 0.6 is 0 Å². The van der Waals surface area contributed by atoms with Crippen molar-refractivity contribution in [1.82, 2.24) is 9.78 Å². The van der Waals surface area contributed by atoms with Crippen LogP contribution in [0.15, 0.2) is 18.2 Å². The number of hydrogen-bond donors (Lipinski definition) is 0. The zero-order valence-corrected chi connectivity index (χ0v) is 26.1. The molecule has 1 aliphatic heterocycles. The van der Waals surface area contributed by atoms with E-state index in [1.54, 1.807) is 17.7 Å². The van der Waals surface area contributed by atoms with E-state index in [9.17, 15) is 23.6 Å². The van der Waals surface area contributed by atoms with Gasteiger partial charge in [0, 0.05) is 51.4 Å². The second-order valence-electron chi connectivity index (χ2n) is 10.5. The maximum atomic E-state index is 14.7. The van der Waals surface area contributed by atoms with Crippen LogP contribution in [0.4, 0.5) is 4.39 Å². The number of carbonyl (C=O) groups excluding carboxylic acids is 4. The van der Waals surface area contributed by atoms with Crippen molar-refractivity contribution in [2.24, 2.45) is 0 Å². The van der Waals surface area contributed by atoms with E-state index in [-0.39, 0.29) is 24.1 Å². The molecule has 0 amide bonds. The molecule has 1 aliphatic rings. The van der Waals surface area contributed by atoms with Gasteiger partial charge in [-0.3, -0.25) is 23.9 Å². The first kappa shape index (κ1) is 34.3. The Bertz CT molecular complexity index is 1360. The Labute approximate surface area is 254 Å². The summed E-state index contributed by atoms with van der Waals surface area (Å²) in [4.78, 5) is 48.0. The molecule has 0 bridgehead atoms. The fourth-order valence-corrected chi connectivity index (χ4v) is 4.85. The van der Waals surface area contributed by atoms with Crippen molar-refractivity contribution in [2.75, 3.05) is 13.2 Å². The van der Waals surface area contributed by atoms with Crippen molar-refractivity contribution in [3.63, 3.8) is 0 Å². The molecule has 1 unspecified atom stereocenters. The van der Waals surface area contributed by atoms with E-state index in [0.29, 0.717) is 17.7 Å². The van der Waals surface area contributed by atoms with Crippen LogP contribution in [0.25, 0.3) is 0 Å². The van der Waals surface area contributed by atoms with Crippen molar-refractivity contribution < 1.29 is 56.7 Å². The van der Waals surface area contributed by atoms with Gasteiger partial charge in [0.25, 0.3) is 0 Å². The van der Waals surface area contributed by atoms with Crippen LogP contribution in [-0.4, -0.2) is 77.6 Å². The first-order chi connectivity index (χ1) is 20.7. The summed E-state index contributed by atoms with van der Waals surface area (Å²) in [6.07, 6.45) is -6.64. The first-order valence-corrected chi connectivity index (χ1v) is 14.2. The lowest BCUT2D eigenvalue weighted by molar-refractivity contribution is -0.289. The maximum absolute atomic E-state index is 14.7. The highest BCUT2D eigenvalue weighted by atomic mass is 19.1. The fourth-order valence-electron chi connectivity index (χ4n) is 4.85. The number of ether oxygens (including phenoxy) is 7. The lowest BCUT2D eigenvalue weighted by Gasteiger charge is -2.43. The average Bonchev–Trinajstić information content (AvgIpc) is 3.22. The van der Waals surface area contributed by atoms with Crippen molar-refractivity contribution in [3.8, 4) is 11.6 Å². The molecule has 3 rings (SSSR count). The van der Waals surface area contributed by atoms with Crippen LogP contribution in [0.2, 0.25) is 0 Å². The molecule has 2 aromatic rings. The topological polar surface area (TPSA) is 151 Å². The molecular formula is C30H39FN2O11. The summed E-state index contributed by atoms with van der Waals surface area (Å²) in [6.45, 7) is 11.9. The second-order valence-corrected chi connectivity index (χ2v) is 10.5. The van der Waals surface area contributed by atoms with E-state index in [4.69, 9.17) is 33.2 Å².